The van der Waals surface area contributed by atoms with Gasteiger partial charge in [-0.05, 0) is 53.9 Å². The summed E-state index contributed by atoms with van der Waals surface area (Å²) in [6, 6.07) is 31.2. The fourth-order valence-electron chi connectivity index (χ4n) is 6.13. The first-order chi connectivity index (χ1) is 18.5. The average Bonchev–Trinajstić information content (AvgIpc) is 3.10. The number of carbonyl (C=O) groups is 3. The molecule has 0 spiro atoms. The van der Waals surface area contributed by atoms with Crippen LogP contribution in [0.25, 0.3) is 0 Å². The molecule has 7 rings (SSSR count). The van der Waals surface area contributed by atoms with Crippen molar-refractivity contribution in [1.82, 2.24) is 4.90 Å². The molecule has 0 radical (unpaired) electrons. The zero-order chi connectivity index (χ0) is 26.0. The van der Waals surface area contributed by atoms with Crippen LogP contribution in [0.15, 0.2) is 108 Å². The van der Waals surface area contributed by atoms with Crippen LogP contribution in [0.3, 0.4) is 0 Å². The summed E-state index contributed by atoms with van der Waals surface area (Å²) in [5.74, 6) is -1.12. The van der Waals surface area contributed by atoms with Gasteiger partial charge < -0.3 is 0 Å². The smallest absolute Gasteiger partial charge is 0.262 e. The van der Waals surface area contributed by atoms with E-state index in [1.165, 1.54) is 4.90 Å². The Morgan fingerprint density at radius 2 is 1.42 bits per heavy atom. The fourth-order valence-corrected chi connectivity index (χ4v) is 7.69. The van der Waals surface area contributed by atoms with Gasteiger partial charge in [0.05, 0.1) is 16.8 Å². The van der Waals surface area contributed by atoms with Gasteiger partial charge in [0.15, 0.2) is 0 Å². The Labute approximate surface area is 229 Å². The Kier molecular flexibility index (Phi) is 5.25. The average molecular weight is 537 g/mol. The third-order valence-corrected chi connectivity index (χ3v) is 9.31. The molecule has 5 nitrogen and oxygen atoms in total. The molecule has 0 N–H and O–H groups in total. The Morgan fingerprint density at radius 3 is 2.13 bits per heavy atom. The van der Waals surface area contributed by atoms with Crippen LogP contribution in [-0.4, -0.2) is 28.7 Å². The van der Waals surface area contributed by atoms with Crippen LogP contribution >= 0.6 is 23.4 Å². The number of hydrogen-bond acceptors (Lipinski definition) is 4. The van der Waals surface area contributed by atoms with E-state index in [2.05, 4.69) is 0 Å². The van der Waals surface area contributed by atoms with Crippen LogP contribution < -0.4 is 4.90 Å². The topological polar surface area (TPSA) is 57.7 Å². The Balaban J connectivity index is 1.46. The molecule has 3 atom stereocenters. The molecule has 3 aliphatic rings. The van der Waals surface area contributed by atoms with Crippen LogP contribution in [0.1, 0.15) is 43.5 Å². The van der Waals surface area contributed by atoms with Crippen molar-refractivity contribution in [3.05, 3.63) is 130 Å². The number of benzene rings is 4. The van der Waals surface area contributed by atoms with Gasteiger partial charge in [0, 0.05) is 15.2 Å². The number of fused-ring (bicyclic) bond motifs is 4. The van der Waals surface area contributed by atoms with E-state index in [4.69, 9.17) is 11.6 Å². The third kappa shape index (κ3) is 3.17. The highest BCUT2D eigenvalue weighted by molar-refractivity contribution is 7.99. The Bertz CT molecular complexity index is 1610. The maximum absolute atomic E-state index is 14.2. The lowest BCUT2D eigenvalue weighted by Crippen LogP contribution is -2.78. The number of thioether (sulfide) groups is 1. The predicted molar refractivity (Wildman–Crippen MR) is 147 cm³/mol. The summed E-state index contributed by atoms with van der Waals surface area (Å²) in [6.07, 6.45) is 0.487. The van der Waals surface area contributed by atoms with Crippen molar-refractivity contribution < 1.29 is 14.4 Å². The summed E-state index contributed by atoms with van der Waals surface area (Å²) in [7, 11) is 0. The van der Waals surface area contributed by atoms with Gasteiger partial charge in [0.2, 0.25) is 0 Å². The Morgan fingerprint density at radius 1 is 0.763 bits per heavy atom. The molecule has 1 fully saturated rings. The molecule has 0 aliphatic carbocycles. The molecule has 3 amide bonds. The maximum atomic E-state index is 14.2. The number of halogens is 1. The van der Waals surface area contributed by atoms with E-state index in [1.54, 1.807) is 36.0 Å². The molecule has 7 heteroatoms. The van der Waals surface area contributed by atoms with Crippen molar-refractivity contribution >= 4 is 46.8 Å². The zero-order valence-electron chi connectivity index (χ0n) is 20.1. The molecular weight excluding hydrogens is 516 g/mol. The van der Waals surface area contributed by atoms with Crippen LogP contribution in [0.2, 0.25) is 5.02 Å². The van der Waals surface area contributed by atoms with Crippen molar-refractivity contribution in [2.45, 2.75) is 28.1 Å². The number of amides is 3. The summed E-state index contributed by atoms with van der Waals surface area (Å²) in [5, 5.41) is 0.540. The van der Waals surface area contributed by atoms with E-state index >= 15 is 0 Å². The molecule has 1 saturated heterocycles. The molecule has 0 bridgehead atoms. The van der Waals surface area contributed by atoms with E-state index < -0.39 is 23.4 Å². The highest BCUT2D eigenvalue weighted by Gasteiger charge is 2.68. The van der Waals surface area contributed by atoms with Crippen molar-refractivity contribution in [1.29, 1.82) is 0 Å². The van der Waals surface area contributed by atoms with E-state index in [-0.39, 0.29) is 11.2 Å². The van der Waals surface area contributed by atoms with E-state index in [1.807, 2.05) is 83.8 Å². The summed E-state index contributed by atoms with van der Waals surface area (Å²) < 4.78 is 0. The van der Waals surface area contributed by atoms with Gasteiger partial charge in [-0.15, -0.1) is 11.8 Å². The van der Waals surface area contributed by atoms with E-state index in [0.29, 0.717) is 22.6 Å². The quantitative estimate of drug-likeness (QED) is 0.222. The van der Waals surface area contributed by atoms with Crippen molar-refractivity contribution in [2.24, 2.45) is 0 Å². The second-order valence-electron chi connectivity index (χ2n) is 9.73. The minimum Gasteiger partial charge on any atom is -0.296 e. The lowest BCUT2D eigenvalue weighted by Gasteiger charge is -2.59. The molecule has 38 heavy (non-hydrogen) atoms. The van der Waals surface area contributed by atoms with Crippen molar-refractivity contribution in [3.63, 3.8) is 0 Å². The first kappa shape index (κ1) is 23.3. The zero-order valence-corrected chi connectivity index (χ0v) is 21.7. The largest absolute Gasteiger partial charge is 0.296 e. The predicted octanol–water partition coefficient (Wildman–Crippen LogP) is 6.48. The van der Waals surface area contributed by atoms with Crippen molar-refractivity contribution in [3.8, 4) is 0 Å². The second-order valence-corrected chi connectivity index (χ2v) is 11.4. The first-order valence-corrected chi connectivity index (χ1v) is 13.6. The second kappa shape index (κ2) is 8.58. The van der Waals surface area contributed by atoms with Gasteiger partial charge in [-0.2, -0.15) is 0 Å². The van der Waals surface area contributed by atoms with E-state index in [9.17, 15) is 14.4 Å². The number of imide groups is 1. The number of rotatable bonds is 3. The first-order valence-electron chi connectivity index (χ1n) is 12.4. The highest BCUT2D eigenvalue weighted by Crippen LogP contribution is 2.60. The maximum Gasteiger partial charge on any atom is 0.262 e. The highest BCUT2D eigenvalue weighted by atomic mass is 35.5. The van der Waals surface area contributed by atoms with Crippen LogP contribution in [-0.2, 0) is 10.3 Å². The summed E-state index contributed by atoms with van der Waals surface area (Å²) in [6.45, 7) is 0. The van der Waals surface area contributed by atoms with Gasteiger partial charge in [-0.25, -0.2) is 0 Å². The van der Waals surface area contributed by atoms with Gasteiger partial charge in [0.25, 0.3) is 17.7 Å². The standard InChI is InChI=1S/C31H21ClN2O3S/c32-21-12-8-9-19(17-21)26-18-31(20-10-2-1-3-11-20)27(30(37)34(31)24-15-6-7-16-25(24)38-26)33-28(35)22-13-4-5-14-23(22)29(33)36/h1-17,26-27H,18H2. The third-order valence-electron chi connectivity index (χ3n) is 7.76. The monoisotopic (exact) mass is 536 g/mol. The SMILES string of the molecule is O=C1c2ccccc2C(=O)N1C1C(=O)N2c3ccccc3SC(c3cccc(Cl)c3)CC12c1ccccc1. The summed E-state index contributed by atoms with van der Waals surface area (Å²) in [4.78, 5) is 45.5. The molecule has 4 aromatic carbocycles. The molecule has 3 heterocycles. The lowest BCUT2D eigenvalue weighted by molar-refractivity contribution is -0.136. The molecule has 0 saturated carbocycles. The van der Waals surface area contributed by atoms with Crippen molar-refractivity contribution in [2.75, 3.05) is 4.90 Å². The summed E-state index contributed by atoms with van der Waals surface area (Å²) in [5.41, 5.74) is 2.39. The number of β-lactam (4-membered cyclic amide) rings is 1. The minimum absolute atomic E-state index is 0.0918. The Hall–Kier alpha value is -3.87. The number of carbonyl (C=O) groups excluding carboxylic acids is 3. The molecule has 3 unspecified atom stereocenters. The number of nitrogens with zero attached hydrogens (tertiary/aromatic N) is 2. The van der Waals surface area contributed by atoms with Crippen LogP contribution in [0.5, 0.6) is 0 Å². The normalized spacial score (nSPS) is 23.9. The number of anilines is 1. The van der Waals surface area contributed by atoms with Gasteiger partial charge in [0.1, 0.15) is 11.6 Å². The van der Waals surface area contributed by atoms with Gasteiger partial charge >= 0.3 is 0 Å². The van der Waals surface area contributed by atoms with Crippen LogP contribution in [0, 0.1) is 0 Å². The van der Waals surface area contributed by atoms with E-state index in [0.717, 1.165) is 21.7 Å². The number of para-hydroxylation sites is 1. The molecule has 186 valence electrons. The molecule has 4 aromatic rings. The molecule has 3 aliphatic heterocycles. The van der Waals surface area contributed by atoms with Gasteiger partial charge in [-0.3, -0.25) is 24.2 Å². The fraction of sp³-hybridized carbons (Fsp3) is 0.129. The molecular formula is C31H21ClN2O3S. The number of hydrogen-bond donors (Lipinski definition) is 0. The van der Waals surface area contributed by atoms with Crippen LogP contribution in [0.4, 0.5) is 5.69 Å². The minimum atomic E-state index is -0.981. The molecule has 0 aromatic heterocycles. The summed E-state index contributed by atoms with van der Waals surface area (Å²) >= 11 is 8.08. The lowest BCUT2D eigenvalue weighted by atomic mass is 9.68. The van der Waals surface area contributed by atoms with Gasteiger partial charge in [-0.1, -0.05) is 78.3 Å².